The van der Waals surface area contributed by atoms with Gasteiger partial charge in [-0.3, -0.25) is 4.79 Å². The molecule has 1 amide bonds. The zero-order valence-electron chi connectivity index (χ0n) is 16.9. The molecule has 6 nitrogen and oxygen atoms in total. The Balaban J connectivity index is 0.00000272. The van der Waals surface area contributed by atoms with Crippen LogP contribution in [0.15, 0.2) is 48.7 Å². The maximum Gasteiger partial charge on any atom is 0.259 e. The molecule has 0 unspecified atom stereocenters. The van der Waals surface area contributed by atoms with Crippen molar-refractivity contribution in [2.24, 2.45) is 0 Å². The summed E-state index contributed by atoms with van der Waals surface area (Å²) >= 11 is 6.18. The van der Waals surface area contributed by atoms with Gasteiger partial charge in [0.05, 0.1) is 35.3 Å². The van der Waals surface area contributed by atoms with Gasteiger partial charge in [0, 0.05) is 11.6 Å². The van der Waals surface area contributed by atoms with Crippen molar-refractivity contribution in [3.8, 4) is 11.4 Å². The van der Waals surface area contributed by atoms with Crippen LogP contribution >= 0.6 is 24.0 Å². The fourth-order valence-corrected chi connectivity index (χ4v) is 4.03. The summed E-state index contributed by atoms with van der Waals surface area (Å²) in [5.41, 5.74) is 2.41. The Hall–Kier alpha value is -2.61. The molecule has 4 rings (SSSR count). The maximum absolute atomic E-state index is 13.8. The summed E-state index contributed by atoms with van der Waals surface area (Å²) in [5, 5.41) is 11.1. The van der Waals surface area contributed by atoms with E-state index in [2.05, 4.69) is 15.7 Å². The van der Waals surface area contributed by atoms with Crippen molar-refractivity contribution in [3.63, 3.8) is 0 Å². The molecule has 1 fully saturated rings. The number of nitrogens with one attached hydrogen (secondary N) is 2. The number of nitrogens with zero attached hydrogens (tertiary/aromatic N) is 2. The van der Waals surface area contributed by atoms with Gasteiger partial charge in [0.1, 0.15) is 11.6 Å². The Morgan fingerprint density at radius 3 is 2.71 bits per heavy atom. The van der Waals surface area contributed by atoms with E-state index in [0.717, 1.165) is 31.6 Å². The average Bonchev–Trinajstić information content (AvgIpc) is 3.20. The number of hydrogen-bond donors (Lipinski definition) is 2. The number of carbonyl (C=O) groups excluding carboxylic acids is 1. The van der Waals surface area contributed by atoms with Gasteiger partial charge in [-0.2, -0.15) is 5.10 Å². The molecule has 1 saturated heterocycles. The summed E-state index contributed by atoms with van der Waals surface area (Å²) in [7, 11) is 1.53. The van der Waals surface area contributed by atoms with E-state index in [1.165, 1.54) is 19.2 Å². The highest BCUT2D eigenvalue weighted by molar-refractivity contribution is 6.32. The zero-order chi connectivity index (χ0) is 21.1. The molecule has 9 heteroatoms. The lowest BCUT2D eigenvalue weighted by molar-refractivity contribution is 0.102. The number of carbonyl (C=O) groups is 1. The molecule has 1 aliphatic heterocycles. The van der Waals surface area contributed by atoms with E-state index in [1.807, 2.05) is 0 Å². The predicted octanol–water partition coefficient (Wildman–Crippen LogP) is 4.81. The van der Waals surface area contributed by atoms with Gasteiger partial charge in [-0.05, 0) is 62.3 Å². The van der Waals surface area contributed by atoms with Gasteiger partial charge in [0.25, 0.3) is 5.91 Å². The fourth-order valence-electron chi connectivity index (χ4n) is 3.78. The number of ether oxygens (including phenoxy) is 1. The summed E-state index contributed by atoms with van der Waals surface area (Å²) in [6.45, 7) is 1.71. The van der Waals surface area contributed by atoms with Crippen LogP contribution in [0.5, 0.6) is 5.75 Å². The van der Waals surface area contributed by atoms with E-state index in [1.54, 1.807) is 41.2 Å². The van der Waals surface area contributed by atoms with E-state index in [0.29, 0.717) is 27.7 Å². The Morgan fingerprint density at radius 1 is 1.26 bits per heavy atom. The molecule has 2 heterocycles. The molecule has 0 atom stereocenters. The molecule has 1 aromatic heterocycles. The van der Waals surface area contributed by atoms with Crippen LogP contribution in [0, 0.1) is 5.82 Å². The highest BCUT2D eigenvalue weighted by Crippen LogP contribution is 2.32. The van der Waals surface area contributed by atoms with Crippen molar-refractivity contribution < 1.29 is 13.9 Å². The second kappa shape index (κ2) is 10.1. The topological polar surface area (TPSA) is 68.2 Å². The van der Waals surface area contributed by atoms with Gasteiger partial charge in [-0.15, -0.1) is 12.4 Å². The van der Waals surface area contributed by atoms with Gasteiger partial charge >= 0.3 is 0 Å². The van der Waals surface area contributed by atoms with Crippen LogP contribution in [-0.2, 0) is 0 Å². The minimum atomic E-state index is -0.349. The van der Waals surface area contributed by atoms with Gasteiger partial charge < -0.3 is 15.4 Å². The van der Waals surface area contributed by atoms with E-state index < -0.39 is 0 Å². The first-order chi connectivity index (χ1) is 14.6. The van der Waals surface area contributed by atoms with Gasteiger partial charge in [0.15, 0.2) is 0 Å². The summed E-state index contributed by atoms with van der Waals surface area (Å²) < 4.78 is 20.7. The molecular formula is C22H23Cl2FN4O2. The lowest BCUT2D eigenvalue weighted by Crippen LogP contribution is -2.29. The van der Waals surface area contributed by atoms with Crippen molar-refractivity contribution in [1.29, 1.82) is 0 Å². The molecule has 2 N–H and O–H groups in total. The summed E-state index contributed by atoms with van der Waals surface area (Å²) in [5.74, 6) is 0.0340. The van der Waals surface area contributed by atoms with E-state index >= 15 is 0 Å². The van der Waals surface area contributed by atoms with Crippen LogP contribution in [0.1, 0.15) is 34.8 Å². The van der Waals surface area contributed by atoms with Crippen LogP contribution in [-0.4, -0.2) is 35.9 Å². The lowest BCUT2D eigenvalue weighted by atomic mass is 9.91. The van der Waals surface area contributed by atoms with Gasteiger partial charge in [-0.25, -0.2) is 9.07 Å². The Bertz CT molecular complexity index is 1070. The number of hydrogen-bond acceptors (Lipinski definition) is 4. The summed E-state index contributed by atoms with van der Waals surface area (Å²) in [4.78, 5) is 13.1. The molecule has 0 saturated carbocycles. The van der Waals surface area contributed by atoms with Crippen LogP contribution in [0.2, 0.25) is 5.02 Å². The van der Waals surface area contributed by atoms with Crippen LogP contribution in [0.25, 0.3) is 5.69 Å². The molecule has 0 radical (unpaired) electrons. The lowest BCUT2D eigenvalue weighted by Gasteiger charge is -2.24. The second-order valence-corrected chi connectivity index (χ2v) is 7.57. The predicted molar refractivity (Wildman–Crippen MR) is 122 cm³/mol. The monoisotopic (exact) mass is 464 g/mol. The number of methoxy groups -OCH3 is 1. The molecule has 164 valence electrons. The zero-order valence-corrected chi connectivity index (χ0v) is 18.5. The largest absolute Gasteiger partial charge is 0.495 e. The average molecular weight is 465 g/mol. The number of benzene rings is 2. The molecule has 3 aromatic rings. The van der Waals surface area contributed by atoms with Crippen molar-refractivity contribution in [3.05, 3.63) is 70.8 Å². The van der Waals surface area contributed by atoms with E-state index in [-0.39, 0.29) is 30.0 Å². The number of rotatable bonds is 5. The Kier molecular flexibility index (Phi) is 7.54. The SMILES string of the molecule is COc1ccc(NC(=O)c2cnn(-c3cccc(F)c3)c2C2CCNCC2)cc1Cl.Cl. The molecule has 2 aromatic carbocycles. The molecule has 31 heavy (non-hydrogen) atoms. The third kappa shape index (κ3) is 5.01. The second-order valence-electron chi connectivity index (χ2n) is 7.16. The van der Waals surface area contributed by atoms with Crippen LogP contribution in [0.4, 0.5) is 10.1 Å². The molecule has 0 aliphatic carbocycles. The van der Waals surface area contributed by atoms with Crippen molar-refractivity contribution in [1.82, 2.24) is 15.1 Å². The summed E-state index contributed by atoms with van der Waals surface area (Å²) in [6.07, 6.45) is 3.29. The minimum Gasteiger partial charge on any atom is -0.495 e. The van der Waals surface area contributed by atoms with Crippen LogP contribution in [0.3, 0.4) is 0 Å². The molecule has 0 spiro atoms. The van der Waals surface area contributed by atoms with Crippen molar-refractivity contribution >= 4 is 35.6 Å². The van der Waals surface area contributed by atoms with Crippen molar-refractivity contribution in [2.75, 3.05) is 25.5 Å². The first kappa shape index (κ1) is 23.1. The smallest absolute Gasteiger partial charge is 0.259 e. The molecule has 0 bridgehead atoms. The first-order valence-electron chi connectivity index (χ1n) is 9.76. The summed E-state index contributed by atoms with van der Waals surface area (Å²) in [6, 6.07) is 11.3. The number of piperidine rings is 1. The van der Waals surface area contributed by atoms with Crippen LogP contribution < -0.4 is 15.4 Å². The number of aromatic nitrogens is 2. The number of halogens is 3. The number of amides is 1. The third-order valence-corrected chi connectivity index (χ3v) is 5.53. The normalized spacial score (nSPS) is 14.0. The first-order valence-corrected chi connectivity index (χ1v) is 10.1. The quantitative estimate of drug-likeness (QED) is 0.568. The van der Waals surface area contributed by atoms with Gasteiger partial charge in [-0.1, -0.05) is 17.7 Å². The van der Waals surface area contributed by atoms with E-state index in [9.17, 15) is 9.18 Å². The standard InChI is InChI=1S/C22H22ClFN4O2.ClH/c1-30-20-6-5-16(12-19(20)23)27-22(29)18-13-26-28(17-4-2-3-15(24)11-17)21(18)14-7-9-25-10-8-14;/h2-6,11-14,25H,7-10H2,1H3,(H,27,29);1H. The Labute approximate surface area is 191 Å². The fraction of sp³-hybridized carbons (Fsp3) is 0.273. The Morgan fingerprint density at radius 2 is 2.03 bits per heavy atom. The highest BCUT2D eigenvalue weighted by atomic mass is 35.5. The minimum absolute atomic E-state index is 0. The molecule has 1 aliphatic rings. The maximum atomic E-state index is 13.8. The third-order valence-electron chi connectivity index (χ3n) is 5.24. The van der Waals surface area contributed by atoms with Crippen molar-refractivity contribution in [2.45, 2.75) is 18.8 Å². The van der Waals surface area contributed by atoms with E-state index in [4.69, 9.17) is 16.3 Å². The number of anilines is 1. The highest BCUT2D eigenvalue weighted by Gasteiger charge is 2.27. The van der Waals surface area contributed by atoms with Gasteiger partial charge in [0.2, 0.25) is 0 Å². The molecular weight excluding hydrogens is 442 g/mol.